The SMILES string of the molecule is CN(c1cnc(-c2cc(F)c(C#N)cc2O)cn1)[C@H]1C[C@@H]2CC[C@@H](N2)[C@H]1F. The summed E-state index contributed by atoms with van der Waals surface area (Å²) in [5.74, 6) is -0.470. The van der Waals surface area contributed by atoms with E-state index >= 15 is 0 Å². The van der Waals surface area contributed by atoms with Gasteiger partial charge in [-0.25, -0.2) is 13.8 Å². The molecule has 1 aromatic carbocycles. The van der Waals surface area contributed by atoms with E-state index in [9.17, 15) is 13.9 Å². The van der Waals surface area contributed by atoms with Crippen molar-refractivity contribution in [3.8, 4) is 23.1 Å². The molecule has 2 fully saturated rings. The number of nitrogens with one attached hydrogen (secondary N) is 1. The number of aromatic nitrogens is 2. The van der Waals surface area contributed by atoms with E-state index in [4.69, 9.17) is 5.26 Å². The van der Waals surface area contributed by atoms with E-state index in [0.717, 1.165) is 25.0 Å². The quantitative estimate of drug-likeness (QED) is 0.863. The normalized spacial score (nSPS) is 26.6. The van der Waals surface area contributed by atoms with Crippen molar-refractivity contribution in [2.45, 2.75) is 43.6 Å². The average Bonchev–Trinajstić information content (AvgIpc) is 3.09. The number of phenolic OH excluding ortho intramolecular Hbond substituents is 1. The lowest BCUT2D eigenvalue weighted by Gasteiger charge is -2.38. The third-order valence-corrected chi connectivity index (χ3v) is 5.53. The molecule has 0 saturated carbocycles. The van der Waals surface area contributed by atoms with Crippen molar-refractivity contribution in [2.24, 2.45) is 0 Å². The maximum atomic E-state index is 14.7. The molecule has 2 saturated heterocycles. The van der Waals surface area contributed by atoms with Crippen molar-refractivity contribution >= 4 is 5.82 Å². The second-order valence-corrected chi connectivity index (χ2v) is 7.13. The molecule has 140 valence electrons. The number of aromatic hydroxyl groups is 1. The third kappa shape index (κ3) is 3.08. The fraction of sp³-hybridized carbons (Fsp3) is 0.421. The van der Waals surface area contributed by atoms with Gasteiger partial charge in [0.05, 0.1) is 29.7 Å². The van der Waals surface area contributed by atoms with Crippen LogP contribution in [-0.2, 0) is 0 Å². The summed E-state index contributed by atoms with van der Waals surface area (Å²) >= 11 is 0. The van der Waals surface area contributed by atoms with E-state index in [-0.39, 0.29) is 34.7 Å². The first-order valence-electron chi connectivity index (χ1n) is 8.86. The zero-order valence-electron chi connectivity index (χ0n) is 14.7. The molecular weight excluding hydrogens is 352 g/mol. The van der Waals surface area contributed by atoms with Crippen LogP contribution in [0.2, 0.25) is 0 Å². The molecule has 0 amide bonds. The van der Waals surface area contributed by atoms with Gasteiger partial charge < -0.3 is 15.3 Å². The molecule has 2 aromatic rings. The monoisotopic (exact) mass is 371 g/mol. The molecule has 2 aliphatic heterocycles. The summed E-state index contributed by atoms with van der Waals surface area (Å²) in [6.45, 7) is 0. The first-order valence-corrected chi connectivity index (χ1v) is 8.86. The molecule has 3 heterocycles. The summed E-state index contributed by atoms with van der Waals surface area (Å²) in [5.41, 5.74) is 0.182. The van der Waals surface area contributed by atoms with Gasteiger partial charge in [0, 0.05) is 30.8 Å². The summed E-state index contributed by atoms with van der Waals surface area (Å²) in [6.07, 6.45) is 4.47. The number of halogens is 2. The lowest BCUT2D eigenvalue weighted by atomic mass is 9.96. The number of piperidine rings is 1. The van der Waals surface area contributed by atoms with E-state index in [1.54, 1.807) is 18.0 Å². The van der Waals surface area contributed by atoms with Crippen molar-refractivity contribution in [2.75, 3.05) is 11.9 Å². The molecule has 2 aliphatic rings. The van der Waals surface area contributed by atoms with Crippen LogP contribution in [0.1, 0.15) is 24.8 Å². The average molecular weight is 371 g/mol. The largest absolute Gasteiger partial charge is 0.507 e. The zero-order chi connectivity index (χ0) is 19.1. The fourth-order valence-electron chi connectivity index (χ4n) is 4.01. The number of phenols is 1. The lowest BCUT2D eigenvalue weighted by Crippen LogP contribution is -2.55. The minimum absolute atomic E-state index is 0.109. The van der Waals surface area contributed by atoms with Crippen molar-refractivity contribution in [3.05, 3.63) is 35.9 Å². The Bertz CT molecular complexity index is 898. The summed E-state index contributed by atoms with van der Waals surface area (Å²) in [4.78, 5) is 10.4. The highest BCUT2D eigenvalue weighted by molar-refractivity contribution is 5.68. The third-order valence-electron chi connectivity index (χ3n) is 5.53. The van der Waals surface area contributed by atoms with Crippen LogP contribution in [0.25, 0.3) is 11.3 Å². The van der Waals surface area contributed by atoms with Gasteiger partial charge in [-0.15, -0.1) is 0 Å². The van der Waals surface area contributed by atoms with Crippen molar-refractivity contribution in [1.29, 1.82) is 5.26 Å². The van der Waals surface area contributed by atoms with Crippen LogP contribution in [0.4, 0.5) is 14.6 Å². The molecule has 4 atom stereocenters. The fourth-order valence-corrected chi connectivity index (χ4v) is 4.01. The molecule has 8 heteroatoms. The van der Waals surface area contributed by atoms with Crippen LogP contribution in [0.5, 0.6) is 5.75 Å². The smallest absolute Gasteiger partial charge is 0.147 e. The number of alkyl halides is 1. The van der Waals surface area contributed by atoms with Crippen LogP contribution < -0.4 is 10.2 Å². The van der Waals surface area contributed by atoms with E-state index in [2.05, 4.69) is 15.3 Å². The number of anilines is 1. The van der Waals surface area contributed by atoms with Crippen LogP contribution in [-0.4, -0.2) is 46.4 Å². The molecule has 0 unspecified atom stereocenters. The van der Waals surface area contributed by atoms with E-state index in [1.807, 2.05) is 0 Å². The topological polar surface area (TPSA) is 85.1 Å². The van der Waals surface area contributed by atoms with E-state index in [0.29, 0.717) is 18.3 Å². The van der Waals surface area contributed by atoms with Gasteiger partial charge in [0.1, 0.15) is 29.6 Å². The van der Waals surface area contributed by atoms with Gasteiger partial charge in [-0.1, -0.05) is 0 Å². The van der Waals surface area contributed by atoms with Crippen LogP contribution in [0.3, 0.4) is 0 Å². The first-order chi connectivity index (χ1) is 13.0. The molecule has 0 spiro atoms. The number of hydrogen-bond acceptors (Lipinski definition) is 6. The number of hydrogen-bond donors (Lipinski definition) is 2. The Morgan fingerprint density at radius 2 is 2.11 bits per heavy atom. The molecule has 0 aliphatic carbocycles. The predicted molar refractivity (Wildman–Crippen MR) is 95.5 cm³/mol. The Hall–Kier alpha value is -2.79. The Labute approximate surface area is 155 Å². The zero-order valence-corrected chi connectivity index (χ0v) is 14.7. The Morgan fingerprint density at radius 1 is 1.30 bits per heavy atom. The molecule has 2 N–H and O–H groups in total. The summed E-state index contributed by atoms with van der Waals surface area (Å²) in [6, 6.07) is 3.74. The molecule has 6 nitrogen and oxygen atoms in total. The highest BCUT2D eigenvalue weighted by Gasteiger charge is 2.43. The van der Waals surface area contributed by atoms with Gasteiger partial charge in [-0.2, -0.15) is 5.26 Å². The van der Waals surface area contributed by atoms with E-state index in [1.165, 1.54) is 12.4 Å². The number of rotatable bonds is 3. The lowest BCUT2D eigenvalue weighted by molar-refractivity contribution is 0.176. The Balaban J connectivity index is 1.58. The predicted octanol–water partition coefficient (Wildman–Crippen LogP) is 2.53. The molecular formula is C19H19F2N5O. The Morgan fingerprint density at radius 3 is 2.81 bits per heavy atom. The summed E-state index contributed by atoms with van der Waals surface area (Å²) in [5, 5.41) is 22.2. The summed E-state index contributed by atoms with van der Waals surface area (Å²) < 4.78 is 28.6. The van der Waals surface area contributed by atoms with Gasteiger partial charge >= 0.3 is 0 Å². The maximum Gasteiger partial charge on any atom is 0.147 e. The van der Waals surface area contributed by atoms with Crippen LogP contribution >= 0.6 is 0 Å². The van der Waals surface area contributed by atoms with Crippen LogP contribution in [0, 0.1) is 17.1 Å². The van der Waals surface area contributed by atoms with E-state index < -0.39 is 12.0 Å². The second-order valence-electron chi connectivity index (χ2n) is 7.13. The van der Waals surface area contributed by atoms with Gasteiger partial charge in [0.2, 0.25) is 0 Å². The highest BCUT2D eigenvalue weighted by Crippen LogP contribution is 2.34. The second kappa shape index (κ2) is 6.74. The van der Waals surface area contributed by atoms with Gasteiger partial charge in [0.25, 0.3) is 0 Å². The van der Waals surface area contributed by atoms with Gasteiger partial charge in [-0.3, -0.25) is 4.98 Å². The molecule has 27 heavy (non-hydrogen) atoms. The number of fused-ring (bicyclic) bond motifs is 2. The number of nitriles is 1. The molecule has 1 aromatic heterocycles. The Kier molecular flexibility index (Phi) is 4.40. The molecule has 0 radical (unpaired) electrons. The van der Waals surface area contributed by atoms with Crippen molar-refractivity contribution in [3.63, 3.8) is 0 Å². The number of benzene rings is 1. The van der Waals surface area contributed by atoms with Crippen molar-refractivity contribution < 1.29 is 13.9 Å². The summed E-state index contributed by atoms with van der Waals surface area (Å²) in [7, 11) is 1.80. The van der Waals surface area contributed by atoms with Crippen molar-refractivity contribution in [1.82, 2.24) is 15.3 Å². The maximum absolute atomic E-state index is 14.7. The number of nitrogens with zero attached hydrogens (tertiary/aromatic N) is 4. The highest BCUT2D eigenvalue weighted by atomic mass is 19.1. The first kappa shape index (κ1) is 17.6. The van der Waals surface area contributed by atoms with Gasteiger partial charge in [0.15, 0.2) is 0 Å². The standard InChI is InChI=1S/C19H19F2N5O/c1-26(16-5-11-2-3-14(25-11)19(16)21)18-9-23-15(8-24-18)12-6-13(20)10(7-22)4-17(12)27/h4,6,8-9,11,14,16,19,25,27H,2-3,5H2,1H3/t11-,14+,16-,19+/m0/s1. The van der Waals surface area contributed by atoms with Gasteiger partial charge in [-0.05, 0) is 25.3 Å². The van der Waals surface area contributed by atoms with Crippen LogP contribution in [0.15, 0.2) is 24.5 Å². The minimum Gasteiger partial charge on any atom is -0.507 e. The minimum atomic E-state index is -0.980. The molecule has 2 bridgehead atoms. The molecule has 4 rings (SSSR count).